The van der Waals surface area contributed by atoms with Crippen molar-refractivity contribution >= 4 is 0 Å². The molecule has 0 radical (unpaired) electrons. The zero-order valence-corrected chi connectivity index (χ0v) is 11.1. The third kappa shape index (κ3) is 5.86. The predicted octanol–water partition coefficient (Wildman–Crippen LogP) is 3.05. The monoisotopic (exact) mass is 227 g/mol. The molecule has 16 heavy (non-hydrogen) atoms. The molecule has 0 aromatic heterocycles. The SMILES string of the molecule is CCC(O)CCCN(C)CC1CCCCC1. The van der Waals surface area contributed by atoms with Crippen molar-refractivity contribution in [1.29, 1.82) is 0 Å². The van der Waals surface area contributed by atoms with E-state index in [9.17, 15) is 5.11 Å². The molecule has 0 aromatic carbocycles. The van der Waals surface area contributed by atoms with Gasteiger partial charge in [0, 0.05) is 6.54 Å². The van der Waals surface area contributed by atoms with E-state index in [0.29, 0.717) is 0 Å². The van der Waals surface area contributed by atoms with Crippen LogP contribution in [0.5, 0.6) is 0 Å². The Morgan fingerprint density at radius 2 is 1.94 bits per heavy atom. The van der Waals surface area contributed by atoms with Gasteiger partial charge in [0.1, 0.15) is 0 Å². The van der Waals surface area contributed by atoms with Crippen LogP contribution in [0.4, 0.5) is 0 Å². The van der Waals surface area contributed by atoms with Crippen molar-refractivity contribution in [2.24, 2.45) is 5.92 Å². The highest BCUT2D eigenvalue weighted by Gasteiger charge is 2.15. The van der Waals surface area contributed by atoms with Gasteiger partial charge in [-0.15, -0.1) is 0 Å². The molecular formula is C14H29NO. The molecule has 2 nitrogen and oxygen atoms in total. The molecule has 0 aliphatic heterocycles. The molecule has 1 aliphatic carbocycles. The first kappa shape index (κ1) is 14.0. The molecule has 0 saturated heterocycles. The Hall–Kier alpha value is -0.0800. The van der Waals surface area contributed by atoms with E-state index in [1.807, 2.05) is 0 Å². The number of aliphatic hydroxyl groups is 1. The molecule has 1 aliphatic rings. The van der Waals surface area contributed by atoms with E-state index in [0.717, 1.165) is 31.7 Å². The average molecular weight is 227 g/mol. The highest BCUT2D eigenvalue weighted by Crippen LogP contribution is 2.24. The van der Waals surface area contributed by atoms with Crippen LogP contribution in [0.1, 0.15) is 58.3 Å². The maximum absolute atomic E-state index is 9.47. The smallest absolute Gasteiger partial charge is 0.0538 e. The summed E-state index contributed by atoms with van der Waals surface area (Å²) in [6.45, 7) is 4.46. The van der Waals surface area contributed by atoms with Gasteiger partial charge in [-0.2, -0.15) is 0 Å². The minimum absolute atomic E-state index is 0.0805. The quantitative estimate of drug-likeness (QED) is 0.722. The lowest BCUT2D eigenvalue weighted by atomic mass is 9.89. The van der Waals surface area contributed by atoms with E-state index >= 15 is 0 Å². The fraction of sp³-hybridized carbons (Fsp3) is 1.00. The molecule has 0 heterocycles. The second-order valence-electron chi connectivity index (χ2n) is 5.47. The normalized spacial score (nSPS) is 20.2. The molecule has 1 N–H and O–H groups in total. The van der Waals surface area contributed by atoms with Crippen LogP contribution in [0.25, 0.3) is 0 Å². The summed E-state index contributed by atoms with van der Waals surface area (Å²) in [5.41, 5.74) is 0. The molecule has 0 spiro atoms. The Balaban J connectivity index is 2.03. The first-order valence-electron chi connectivity index (χ1n) is 7.09. The molecule has 0 amide bonds. The van der Waals surface area contributed by atoms with E-state index in [2.05, 4.69) is 18.9 Å². The van der Waals surface area contributed by atoms with Gasteiger partial charge in [0.25, 0.3) is 0 Å². The third-order valence-electron chi connectivity index (χ3n) is 3.84. The Morgan fingerprint density at radius 1 is 1.25 bits per heavy atom. The molecule has 1 atom stereocenters. The van der Waals surface area contributed by atoms with Gasteiger partial charge < -0.3 is 10.0 Å². The van der Waals surface area contributed by atoms with Crippen molar-refractivity contribution < 1.29 is 5.11 Å². The van der Waals surface area contributed by atoms with Crippen molar-refractivity contribution in [3.63, 3.8) is 0 Å². The molecule has 0 bridgehead atoms. The fourth-order valence-corrected chi connectivity index (χ4v) is 2.70. The standard InChI is InChI=1S/C14H29NO/c1-3-14(16)10-7-11-15(2)12-13-8-5-4-6-9-13/h13-14,16H,3-12H2,1-2H3. The molecule has 1 rings (SSSR count). The molecule has 1 saturated carbocycles. The number of hydrogen-bond donors (Lipinski definition) is 1. The van der Waals surface area contributed by atoms with Crippen LogP contribution < -0.4 is 0 Å². The maximum Gasteiger partial charge on any atom is 0.0538 e. The second-order valence-corrected chi connectivity index (χ2v) is 5.47. The van der Waals surface area contributed by atoms with Crippen LogP contribution in [0.2, 0.25) is 0 Å². The Bertz CT molecular complexity index is 166. The molecule has 1 fully saturated rings. The van der Waals surface area contributed by atoms with Gasteiger partial charge in [-0.1, -0.05) is 26.2 Å². The van der Waals surface area contributed by atoms with Gasteiger partial charge in [0.15, 0.2) is 0 Å². The van der Waals surface area contributed by atoms with E-state index in [1.54, 1.807) is 0 Å². The summed E-state index contributed by atoms with van der Waals surface area (Å²) in [4.78, 5) is 2.46. The Morgan fingerprint density at radius 3 is 2.56 bits per heavy atom. The number of rotatable bonds is 7. The second kappa shape index (κ2) is 8.08. The summed E-state index contributed by atoms with van der Waals surface area (Å²) in [6.07, 6.45) is 10.1. The zero-order chi connectivity index (χ0) is 11.8. The van der Waals surface area contributed by atoms with Crippen molar-refractivity contribution in [2.45, 2.75) is 64.4 Å². The first-order chi connectivity index (χ1) is 7.72. The van der Waals surface area contributed by atoms with E-state index in [1.165, 1.54) is 38.6 Å². The van der Waals surface area contributed by atoms with Gasteiger partial charge in [0.05, 0.1) is 6.10 Å². The largest absolute Gasteiger partial charge is 0.393 e. The third-order valence-corrected chi connectivity index (χ3v) is 3.84. The summed E-state index contributed by atoms with van der Waals surface area (Å²) in [6, 6.07) is 0. The summed E-state index contributed by atoms with van der Waals surface area (Å²) in [7, 11) is 2.23. The summed E-state index contributed by atoms with van der Waals surface area (Å²) < 4.78 is 0. The van der Waals surface area contributed by atoms with Crippen LogP contribution >= 0.6 is 0 Å². The molecule has 0 aromatic rings. The number of hydrogen-bond acceptors (Lipinski definition) is 2. The van der Waals surface area contributed by atoms with Gasteiger partial charge >= 0.3 is 0 Å². The van der Waals surface area contributed by atoms with Gasteiger partial charge in [0.2, 0.25) is 0 Å². The minimum atomic E-state index is -0.0805. The van der Waals surface area contributed by atoms with Crippen LogP contribution in [-0.2, 0) is 0 Å². The molecule has 2 heteroatoms. The van der Waals surface area contributed by atoms with Crippen molar-refractivity contribution in [1.82, 2.24) is 4.90 Å². The van der Waals surface area contributed by atoms with Crippen LogP contribution in [0.3, 0.4) is 0 Å². The predicted molar refractivity (Wildman–Crippen MR) is 69.6 cm³/mol. The number of nitrogens with zero attached hydrogens (tertiary/aromatic N) is 1. The number of aliphatic hydroxyl groups excluding tert-OH is 1. The molecule has 96 valence electrons. The lowest BCUT2D eigenvalue weighted by molar-refractivity contribution is 0.148. The Kier molecular flexibility index (Phi) is 7.06. The highest BCUT2D eigenvalue weighted by molar-refractivity contribution is 4.69. The van der Waals surface area contributed by atoms with Crippen molar-refractivity contribution in [2.75, 3.05) is 20.1 Å². The molecular weight excluding hydrogens is 198 g/mol. The minimum Gasteiger partial charge on any atom is -0.393 e. The van der Waals surface area contributed by atoms with E-state index in [4.69, 9.17) is 0 Å². The lowest BCUT2D eigenvalue weighted by Crippen LogP contribution is -2.28. The van der Waals surface area contributed by atoms with Crippen LogP contribution in [-0.4, -0.2) is 36.2 Å². The fourth-order valence-electron chi connectivity index (χ4n) is 2.70. The zero-order valence-electron chi connectivity index (χ0n) is 11.1. The van der Waals surface area contributed by atoms with E-state index in [-0.39, 0.29) is 6.10 Å². The van der Waals surface area contributed by atoms with E-state index < -0.39 is 0 Å². The summed E-state index contributed by atoms with van der Waals surface area (Å²) >= 11 is 0. The highest BCUT2D eigenvalue weighted by atomic mass is 16.3. The lowest BCUT2D eigenvalue weighted by Gasteiger charge is -2.27. The van der Waals surface area contributed by atoms with Crippen LogP contribution in [0.15, 0.2) is 0 Å². The topological polar surface area (TPSA) is 23.5 Å². The Labute approximate surface area is 101 Å². The maximum atomic E-state index is 9.47. The summed E-state index contributed by atoms with van der Waals surface area (Å²) in [5, 5.41) is 9.47. The molecule has 1 unspecified atom stereocenters. The average Bonchev–Trinajstić information content (AvgIpc) is 2.30. The van der Waals surface area contributed by atoms with Gasteiger partial charge in [-0.05, 0) is 51.6 Å². The summed E-state index contributed by atoms with van der Waals surface area (Å²) in [5.74, 6) is 0.940. The van der Waals surface area contributed by atoms with Crippen LogP contribution in [0, 0.1) is 5.92 Å². The van der Waals surface area contributed by atoms with Gasteiger partial charge in [-0.3, -0.25) is 0 Å². The van der Waals surface area contributed by atoms with Crippen molar-refractivity contribution in [3.05, 3.63) is 0 Å². The van der Waals surface area contributed by atoms with Crippen molar-refractivity contribution in [3.8, 4) is 0 Å². The van der Waals surface area contributed by atoms with Gasteiger partial charge in [-0.25, -0.2) is 0 Å². The first-order valence-corrected chi connectivity index (χ1v) is 7.09.